The molecule has 2 rings (SSSR count). The van der Waals surface area contributed by atoms with Crippen LogP contribution < -0.4 is 0 Å². The van der Waals surface area contributed by atoms with Crippen molar-refractivity contribution in [2.24, 2.45) is 0 Å². The Morgan fingerprint density at radius 1 is 0.833 bits per heavy atom. The van der Waals surface area contributed by atoms with E-state index in [1.54, 1.807) is 27.7 Å². The second-order valence-electron chi connectivity index (χ2n) is 5.72. The molecule has 18 heavy (non-hydrogen) atoms. The van der Waals surface area contributed by atoms with Crippen molar-refractivity contribution in [1.82, 2.24) is 0 Å². The van der Waals surface area contributed by atoms with Crippen molar-refractivity contribution in [2.75, 3.05) is 13.2 Å². The molecule has 6 heteroatoms. The Morgan fingerprint density at radius 2 is 1.17 bits per heavy atom. The number of hydrogen-bond acceptors (Lipinski definition) is 6. The lowest BCUT2D eigenvalue weighted by Gasteiger charge is -2.27. The molecule has 2 fully saturated rings. The van der Waals surface area contributed by atoms with Crippen molar-refractivity contribution in [1.29, 1.82) is 0 Å². The predicted octanol–water partition coefficient (Wildman–Crippen LogP) is 0.0112. The van der Waals surface area contributed by atoms with Crippen LogP contribution in [0.3, 0.4) is 0 Å². The molecule has 0 radical (unpaired) electrons. The van der Waals surface area contributed by atoms with Crippen molar-refractivity contribution in [3.63, 3.8) is 0 Å². The first-order valence-corrected chi connectivity index (χ1v) is 6.20. The molecule has 0 spiro atoms. The van der Waals surface area contributed by atoms with E-state index in [0.29, 0.717) is 0 Å². The van der Waals surface area contributed by atoms with Crippen molar-refractivity contribution < 1.29 is 29.2 Å². The van der Waals surface area contributed by atoms with Crippen LogP contribution in [0.2, 0.25) is 0 Å². The first-order valence-electron chi connectivity index (χ1n) is 6.20. The number of aliphatic hydroxyl groups is 2. The van der Waals surface area contributed by atoms with Crippen molar-refractivity contribution in [3.05, 3.63) is 0 Å². The van der Waals surface area contributed by atoms with Crippen LogP contribution in [0.5, 0.6) is 0 Å². The zero-order valence-electron chi connectivity index (χ0n) is 11.3. The molecule has 0 unspecified atom stereocenters. The van der Waals surface area contributed by atoms with E-state index in [1.807, 2.05) is 0 Å². The van der Waals surface area contributed by atoms with Gasteiger partial charge < -0.3 is 29.2 Å². The fourth-order valence-electron chi connectivity index (χ4n) is 2.21. The third-order valence-electron chi connectivity index (χ3n) is 3.17. The number of ether oxygens (including phenoxy) is 4. The molecule has 0 amide bonds. The highest BCUT2D eigenvalue weighted by molar-refractivity contribution is 4.88. The van der Waals surface area contributed by atoms with Crippen LogP contribution in [0.4, 0.5) is 0 Å². The molecule has 0 aromatic carbocycles. The third-order valence-corrected chi connectivity index (χ3v) is 3.17. The largest absolute Gasteiger partial charge is 0.387 e. The van der Waals surface area contributed by atoms with Gasteiger partial charge in [-0.2, -0.15) is 0 Å². The molecular formula is C12H22O6. The molecule has 0 bridgehead atoms. The highest BCUT2D eigenvalue weighted by atomic mass is 16.8. The smallest absolute Gasteiger partial charge is 0.163 e. The Balaban J connectivity index is 1.92. The Hall–Kier alpha value is -0.240. The standard InChI is InChI=1S/C12H22O6/c1-11(2)15-5-7(17-11)9(13)10(14)8-6-16-12(3,4)18-8/h7-10,13-14H,5-6H2,1-4H3/t7-,8-,9-,10+/m0/s1. The Bertz CT molecular complexity index is 273. The summed E-state index contributed by atoms with van der Waals surface area (Å²) < 4.78 is 21.8. The van der Waals surface area contributed by atoms with Crippen LogP contribution in [-0.2, 0) is 18.9 Å². The van der Waals surface area contributed by atoms with Gasteiger partial charge in [-0.1, -0.05) is 0 Å². The molecule has 106 valence electrons. The van der Waals surface area contributed by atoms with Gasteiger partial charge in [0.2, 0.25) is 0 Å². The van der Waals surface area contributed by atoms with Crippen molar-refractivity contribution in [3.8, 4) is 0 Å². The normalized spacial score (nSPS) is 37.7. The van der Waals surface area contributed by atoms with E-state index in [2.05, 4.69) is 0 Å². The van der Waals surface area contributed by atoms with Gasteiger partial charge in [0.25, 0.3) is 0 Å². The first kappa shape index (κ1) is 14.2. The lowest BCUT2D eigenvalue weighted by Crippen LogP contribution is -2.47. The molecule has 0 saturated carbocycles. The zero-order chi connectivity index (χ0) is 13.6. The summed E-state index contributed by atoms with van der Waals surface area (Å²) in [4.78, 5) is 0. The minimum atomic E-state index is -1.06. The molecule has 0 aromatic rings. The topological polar surface area (TPSA) is 77.4 Å². The van der Waals surface area contributed by atoms with Gasteiger partial charge in [0.15, 0.2) is 11.6 Å². The molecular weight excluding hydrogens is 240 g/mol. The van der Waals surface area contributed by atoms with Gasteiger partial charge in [-0.15, -0.1) is 0 Å². The second kappa shape index (κ2) is 4.70. The monoisotopic (exact) mass is 262 g/mol. The summed E-state index contributed by atoms with van der Waals surface area (Å²) >= 11 is 0. The van der Waals surface area contributed by atoms with Gasteiger partial charge in [0, 0.05) is 0 Å². The lowest BCUT2D eigenvalue weighted by molar-refractivity contribution is -0.183. The molecule has 2 heterocycles. The summed E-state index contributed by atoms with van der Waals surface area (Å²) in [6, 6.07) is 0. The first-order chi connectivity index (χ1) is 8.20. The molecule has 2 aliphatic rings. The number of aliphatic hydroxyl groups excluding tert-OH is 2. The summed E-state index contributed by atoms with van der Waals surface area (Å²) in [5.41, 5.74) is 0. The van der Waals surface area contributed by atoms with E-state index in [1.165, 1.54) is 0 Å². The summed E-state index contributed by atoms with van der Waals surface area (Å²) in [5, 5.41) is 20.2. The SMILES string of the molecule is CC1(C)OC[C@@H]([C@H](O)[C@H](O)[C@@H]2COC(C)(C)O2)O1. The Kier molecular flexibility index (Phi) is 3.70. The third kappa shape index (κ3) is 3.01. The maximum absolute atomic E-state index is 10.1. The Labute approximate surface area is 107 Å². The van der Waals surface area contributed by atoms with Crippen molar-refractivity contribution >= 4 is 0 Å². The average molecular weight is 262 g/mol. The van der Waals surface area contributed by atoms with Crippen molar-refractivity contribution in [2.45, 2.75) is 63.7 Å². The summed E-state index contributed by atoms with van der Waals surface area (Å²) in [7, 11) is 0. The van der Waals surface area contributed by atoms with E-state index in [4.69, 9.17) is 18.9 Å². The van der Waals surface area contributed by atoms with Gasteiger partial charge >= 0.3 is 0 Å². The average Bonchev–Trinajstić information content (AvgIpc) is 2.79. The number of hydrogen-bond donors (Lipinski definition) is 2. The lowest BCUT2D eigenvalue weighted by atomic mass is 10.0. The van der Waals surface area contributed by atoms with E-state index < -0.39 is 36.0 Å². The number of rotatable bonds is 3. The zero-order valence-corrected chi connectivity index (χ0v) is 11.3. The minimum Gasteiger partial charge on any atom is -0.387 e. The van der Waals surface area contributed by atoms with Crippen LogP contribution in [0.1, 0.15) is 27.7 Å². The minimum absolute atomic E-state index is 0.252. The molecule has 2 N–H and O–H groups in total. The second-order valence-corrected chi connectivity index (χ2v) is 5.72. The van der Waals surface area contributed by atoms with Crippen LogP contribution in [0.25, 0.3) is 0 Å². The van der Waals surface area contributed by atoms with Crippen LogP contribution in [0.15, 0.2) is 0 Å². The fourth-order valence-corrected chi connectivity index (χ4v) is 2.21. The van der Waals surface area contributed by atoms with E-state index in [-0.39, 0.29) is 13.2 Å². The van der Waals surface area contributed by atoms with E-state index in [0.717, 1.165) is 0 Å². The molecule has 0 aliphatic carbocycles. The van der Waals surface area contributed by atoms with Gasteiger partial charge in [-0.25, -0.2) is 0 Å². The molecule has 2 aliphatic heterocycles. The van der Waals surface area contributed by atoms with Crippen LogP contribution in [-0.4, -0.2) is 59.4 Å². The maximum Gasteiger partial charge on any atom is 0.163 e. The molecule has 6 nitrogen and oxygen atoms in total. The van der Waals surface area contributed by atoms with Gasteiger partial charge in [-0.05, 0) is 27.7 Å². The van der Waals surface area contributed by atoms with Gasteiger partial charge in [0.05, 0.1) is 13.2 Å². The van der Waals surface area contributed by atoms with Gasteiger partial charge in [0.1, 0.15) is 24.4 Å². The summed E-state index contributed by atoms with van der Waals surface area (Å²) in [6.45, 7) is 7.58. The highest BCUT2D eigenvalue weighted by Crippen LogP contribution is 2.29. The highest BCUT2D eigenvalue weighted by Gasteiger charge is 2.45. The Morgan fingerprint density at radius 3 is 1.39 bits per heavy atom. The van der Waals surface area contributed by atoms with Crippen LogP contribution in [0, 0.1) is 0 Å². The summed E-state index contributed by atoms with van der Waals surface area (Å²) in [5.74, 6) is -1.45. The molecule has 0 aromatic heterocycles. The summed E-state index contributed by atoms with van der Waals surface area (Å²) in [6.07, 6.45) is -3.23. The predicted molar refractivity (Wildman–Crippen MR) is 61.8 cm³/mol. The van der Waals surface area contributed by atoms with E-state index >= 15 is 0 Å². The molecule has 4 atom stereocenters. The van der Waals surface area contributed by atoms with Gasteiger partial charge in [-0.3, -0.25) is 0 Å². The molecule has 2 saturated heterocycles. The fraction of sp³-hybridized carbons (Fsp3) is 1.00. The van der Waals surface area contributed by atoms with Crippen LogP contribution >= 0.6 is 0 Å². The van der Waals surface area contributed by atoms with E-state index in [9.17, 15) is 10.2 Å². The maximum atomic E-state index is 10.1. The quantitative estimate of drug-likeness (QED) is 0.746.